The Morgan fingerprint density at radius 1 is 1.18 bits per heavy atom. The molecule has 1 N–H and O–H groups in total. The summed E-state index contributed by atoms with van der Waals surface area (Å²) in [4.78, 5) is 21.8. The predicted octanol–water partition coefficient (Wildman–Crippen LogP) is 6.59. The Bertz CT molecular complexity index is 1180. The van der Waals surface area contributed by atoms with Crippen LogP contribution in [0.15, 0.2) is 42.5 Å². The Labute approximate surface area is 198 Å². The molecule has 1 aliphatic heterocycles. The number of hydrogen-bond donors (Lipinski definition) is 1. The molecule has 0 bridgehead atoms. The zero-order valence-corrected chi connectivity index (χ0v) is 18.8. The molecule has 11 heteroatoms. The Morgan fingerprint density at radius 2 is 1.91 bits per heavy atom. The summed E-state index contributed by atoms with van der Waals surface area (Å²) in [5.41, 5.74) is 1.12. The Kier molecular flexibility index (Phi) is 6.13. The summed E-state index contributed by atoms with van der Waals surface area (Å²) in [6, 6.07) is 11.2. The molecule has 0 atom stereocenters. The zero-order chi connectivity index (χ0) is 22.5. The lowest BCUT2D eigenvalue weighted by Gasteiger charge is -2.34. The normalized spacial score (nSPS) is 23.0. The first-order valence-electron chi connectivity index (χ1n) is 10.2. The average molecular weight is 502 g/mol. The lowest BCUT2D eigenvalue weighted by atomic mass is 9.78. The molecule has 2 aliphatic rings. The highest BCUT2D eigenvalue weighted by atomic mass is 35.5. The number of anilines is 1. The minimum atomic E-state index is -4.75. The summed E-state index contributed by atoms with van der Waals surface area (Å²) >= 11 is 6.25. The van der Waals surface area contributed by atoms with Crippen LogP contribution < -0.4 is 9.64 Å². The Balaban J connectivity index is 0.00000259. The number of aromatic amines is 1. The number of benzene rings is 2. The van der Waals surface area contributed by atoms with E-state index >= 15 is 0 Å². The van der Waals surface area contributed by atoms with Crippen LogP contribution in [0.25, 0.3) is 11.0 Å². The molecule has 1 amide bonds. The highest BCUT2D eigenvalue weighted by Crippen LogP contribution is 2.44. The maximum atomic E-state index is 12.5. The van der Waals surface area contributed by atoms with Gasteiger partial charge >= 0.3 is 12.5 Å². The average Bonchev–Trinajstić information content (AvgIpc) is 3.28. The number of carbonyl (C=O) groups excluding carboxylic acids is 1. The van der Waals surface area contributed by atoms with Crippen molar-refractivity contribution in [1.29, 1.82) is 0 Å². The van der Waals surface area contributed by atoms with E-state index in [1.165, 1.54) is 18.2 Å². The van der Waals surface area contributed by atoms with Gasteiger partial charge in [0.25, 0.3) is 0 Å². The van der Waals surface area contributed by atoms with E-state index in [1.54, 1.807) is 23.1 Å². The highest BCUT2D eigenvalue weighted by Gasteiger charge is 2.48. The number of amides is 1. The smallest absolute Gasteiger partial charge is 0.441 e. The molecule has 2 aromatic carbocycles. The van der Waals surface area contributed by atoms with Crippen LogP contribution in [0, 0.1) is 0 Å². The van der Waals surface area contributed by atoms with Crippen molar-refractivity contribution in [3.8, 4) is 5.75 Å². The summed E-state index contributed by atoms with van der Waals surface area (Å²) in [7, 11) is 0. The molecule has 6 nitrogen and oxygen atoms in total. The van der Waals surface area contributed by atoms with E-state index in [2.05, 4.69) is 14.7 Å². The van der Waals surface area contributed by atoms with Gasteiger partial charge in [-0.3, -0.25) is 4.90 Å². The molecule has 5 rings (SSSR count). The Morgan fingerprint density at radius 3 is 2.61 bits per heavy atom. The number of rotatable bonds is 3. The number of nitrogens with zero attached hydrogens (tertiary/aromatic N) is 2. The van der Waals surface area contributed by atoms with E-state index in [-0.39, 0.29) is 24.1 Å². The van der Waals surface area contributed by atoms with Crippen LogP contribution in [0.4, 0.5) is 23.7 Å². The molecule has 1 saturated carbocycles. The second-order valence-corrected chi connectivity index (χ2v) is 8.62. The third kappa shape index (κ3) is 4.70. The number of alkyl halides is 3. The Hall–Kier alpha value is -2.65. The molecule has 0 unspecified atom stereocenters. The van der Waals surface area contributed by atoms with Gasteiger partial charge < -0.3 is 14.5 Å². The number of aromatic nitrogens is 2. The largest absolute Gasteiger partial charge is 0.573 e. The van der Waals surface area contributed by atoms with Crippen LogP contribution in [-0.4, -0.2) is 34.6 Å². The monoisotopic (exact) mass is 501 g/mol. The molecule has 1 aromatic heterocycles. The third-order valence-corrected chi connectivity index (χ3v) is 6.42. The molecule has 0 radical (unpaired) electrons. The maximum absolute atomic E-state index is 12.5. The topological polar surface area (TPSA) is 67.5 Å². The van der Waals surface area contributed by atoms with Gasteiger partial charge in [-0.2, -0.15) is 0 Å². The highest BCUT2D eigenvalue weighted by molar-refractivity contribution is 6.33. The van der Waals surface area contributed by atoms with Crippen molar-refractivity contribution in [2.45, 2.75) is 43.6 Å². The first-order chi connectivity index (χ1) is 15.2. The van der Waals surface area contributed by atoms with E-state index in [4.69, 9.17) is 16.3 Å². The van der Waals surface area contributed by atoms with Gasteiger partial charge in [0.15, 0.2) is 0 Å². The standard InChI is InChI=1S/C22H19ClF3N3O3.ClH/c23-15-3-1-2-4-18(15)29-12-21(32-20(29)30)9-7-13(8-10-21)19-27-16-6-5-14(11-17(16)28-19)31-22(24,25)26;/h1-6,11,13H,7-10,12H2,(H,27,28);1H/t13-,21-;. The molecule has 2 fully saturated rings. The number of carbonyl (C=O) groups is 1. The lowest BCUT2D eigenvalue weighted by Crippen LogP contribution is -2.38. The van der Waals surface area contributed by atoms with Gasteiger partial charge in [-0.05, 0) is 49.9 Å². The quantitative estimate of drug-likeness (QED) is 0.439. The number of para-hydroxylation sites is 1. The fraction of sp³-hybridized carbons (Fsp3) is 0.364. The van der Waals surface area contributed by atoms with Crippen molar-refractivity contribution < 1.29 is 27.4 Å². The minimum Gasteiger partial charge on any atom is -0.441 e. The predicted molar refractivity (Wildman–Crippen MR) is 119 cm³/mol. The van der Waals surface area contributed by atoms with Gasteiger partial charge in [0.05, 0.1) is 28.3 Å². The summed E-state index contributed by atoms with van der Waals surface area (Å²) < 4.78 is 47.2. The van der Waals surface area contributed by atoms with Gasteiger partial charge in [0.1, 0.15) is 17.2 Å². The number of halogens is 5. The van der Waals surface area contributed by atoms with Crippen molar-refractivity contribution in [2.75, 3.05) is 11.4 Å². The van der Waals surface area contributed by atoms with E-state index < -0.39 is 18.1 Å². The SMILES string of the molecule is Cl.O=C1O[C@]2(CC[C@H](c3nc4cc(OC(F)(F)F)ccc4[nH]3)CC2)CN1c1ccccc1Cl. The molecular formula is C22H20Cl2F3N3O3. The van der Waals surface area contributed by atoms with Crippen LogP contribution in [0.1, 0.15) is 37.4 Å². The molecule has 3 aromatic rings. The number of imidazole rings is 1. The first kappa shape index (κ1) is 23.5. The summed E-state index contributed by atoms with van der Waals surface area (Å²) in [6.07, 6.45) is -2.38. The fourth-order valence-electron chi connectivity index (χ4n) is 4.55. The van der Waals surface area contributed by atoms with Gasteiger partial charge in [0, 0.05) is 12.0 Å². The molecule has 1 spiro atoms. The van der Waals surface area contributed by atoms with Crippen molar-refractivity contribution >= 4 is 46.8 Å². The summed E-state index contributed by atoms with van der Waals surface area (Å²) in [5.74, 6) is 0.502. The number of H-pyrrole nitrogens is 1. The molecule has 176 valence electrons. The van der Waals surface area contributed by atoms with Crippen LogP contribution in [0.3, 0.4) is 0 Å². The maximum Gasteiger partial charge on any atom is 0.573 e. The van der Waals surface area contributed by atoms with E-state index in [0.29, 0.717) is 47.0 Å². The van der Waals surface area contributed by atoms with E-state index in [1.807, 2.05) is 6.07 Å². The van der Waals surface area contributed by atoms with E-state index in [0.717, 1.165) is 12.8 Å². The number of fused-ring (bicyclic) bond motifs is 1. The van der Waals surface area contributed by atoms with Crippen LogP contribution in [0.5, 0.6) is 5.75 Å². The van der Waals surface area contributed by atoms with Crippen LogP contribution >= 0.6 is 24.0 Å². The molecule has 2 heterocycles. The first-order valence-corrected chi connectivity index (χ1v) is 10.6. The molecule has 1 aliphatic carbocycles. The second kappa shape index (κ2) is 8.61. The number of hydrogen-bond acceptors (Lipinski definition) is 4. The van der Waals surface area contributed by atoms with Gasteiger partial charge in [-0.15, -0.1) is 25.6 Å². The molecular weight excluding hydrogens is 482 g/mol. The number of nitrogens with one attached hydrogen (secondary N) is 1. The van der Waals surface area contributed by atoms with Crippen LogP contribution in [0.2, 0.25) is 5.02 Å². The fourth-order valence-corrected chi connectivity index (χ4v) is 4.79. The lowest BCUT2D eigenvalue weighted by molar-refractivity contribution is -0.274. The number of ether oxygens (including phenoxy) is 2. The summed E-state index contributed by atoms with van der Waals surface area (Å²) in [5, 5.41) is 0.492. The second-order valence-electron chi connectivity index (χ2n) is 8.21. The summed E-state index contributed by atoms with van der Waals surface area (Å²) in [6.45, 7) is 0.431. The zero-order valence-electron chi connectivity index (χ0n) is 17.2. The van der Waals surface area contributed by atoms with Crippen LogP contribution in [-0.2, 0) is 4.74 Å². The van der Waals surface area contributed by atoms with Crippen molar-refractivity contribution in [1.82, 2.24) is 9.97 Å². The van der Waals surface area contributed by atoms with Gasteiger partial charge in [-0.1, -0.05) is 23.7 Å². The minimum absolute atomic E-state index is 0. The van der Waals surface area contributed by atoms with Gasteiger partial charge in [-0.25, -0.2) is 9.78 Å². The van der Waals surface area contributed by atoms with E-state index in [9.17, 15) is 18.0 Å². The molecule has 1 saturated heterocycles. The van der Waals surface area contributed by atoms with Gasteiger partial charge in [0.2, 0.25) is 0 Å². The van der Waals surface area contributed by atoms with Crippen molar-refractivity contribution in [3.63, 3.8) is 0 Å². The van der Waals surface area contributed by atoms with Crippen molar-refractivity contribution in [3.05, 3.63) is 53.3 Å². The van der Waals surface area contributed by atoms with Crippen molar-refractivity contribution in [2.24, 2.45) is 0 Å². The molecule has 33 heavy (non-hydrogen) atoms. The third-order valence-electron chi connectivity index (χ3n) is 6.10.